The normalized spacial score (nSPS) is 10.9. The van der Waals surface area contributed by atoms with E-state index in [2.05, 4.69) is 20.3 Å². The number of hydrogen-bond acceptors (Lipinski definition) is 6. The molecule has 0 aliphatic heterocycles. The highest BCUT2D eigenvalue weighted by molar-refractivity contribution is 5.80. The molecule has 0 atom stereocenters. The molecule has 2 rings (SSSR count). The van der Waals surface area contributed by atoms with Crippen molar-refractivity contribution in [3.63, 3.8) is 0 Å². The fraction of sp³-hybridized carbons (Fsp3) is 0.500. The minimum absolute atomic E-state index is 0.202. The molecule has 0 aromatic carbocycles. The molecule has 0 unspecified atom stereocenters. The van der Waals surface area contributed by atoms with Gasteiger partial charge in [-0.05, 0) is 12.8 Å². The molecule has 96 valence electrons. The van der Waals surface area contributed by atoms with Gasteiger partial charge in [-0.2, -0.15) is 0 Å². The molecule has 0 aliphatic rings. The molecular formula is C10H14N6O2. The minimum Gasteiger partial charge on any atom is -0.481 e. The zero-order valence-electron chi connectivity index (χ0n) is 9.78. The van der Waals surface area contributed by atoms with E-state index >= 15 is 0 Å². The van der Waals surface area contributed by atoms with Crippen LogP contribution in [-0.4, -0.2) is 36.0 Å². The third-order valence-electron chi connectivity index (χ3n) is 2.59. The van der Waals surface area contributed by atoms with Crippen molar-refractivity contribution in [1.82, 2.24) is 25.0 Å². The fourth-order valence-corrected chi connectivity index (χ4v) is 1.67. The smallest absolute Gasteiger partial charge is 0.303 e. The number of anilines is 1. The van der Waals surface area contributed by atoms with E-state index in [1.807, 2.05) is 0 Å². The molecule has 0 amide bonds. The van der Waals surface area contributed by atoms with Crippen LogP contribution in [-0.2, 0) is 11.3 Å². The van der Waals surface area contributed by atoms with Gasteiger partial charge in [0.2, 0.25) is 0 Å². The van der Waals surface area contributed by atoms with Crippen molar-refractivity contribution in [2.75, 3.05) is 5.73 Å². The van der Waals surface area contributed by atoms with Crippen molar-refractivity contribution in [2.24, 2.45) is 0 Å². The van der Waals surface area contributed by atoms with Gasteiger partial charge in [0.15, 0.2) is 17.0 Å². The van der Waals surface area contributed by atoms with Gasteiger partial charge in [-0.25, -0.2) is 14.6 Å². The monoisotopic (exact) mass is 250 g/mol. The number of fused-ring (bicyclic) bond motifs is 1. The molecule has 8 nitrogen and oxygen atoms in total. The third kappa shape index (κ3) is 2.70. The Labute approximate surface area is 103 Å². The lowest BCUT2D eigenvalue weighted by Crippen LogP contribution is -2.02. The van der Waals surface area contributed by atoms with Gasteiger partial charge >= 0.3 is 5.97 Å². The molecule has 8 heteroatoms. The van der Waals surface area contributed by atoms with Gasteiger partial charge in [-0.3, -0.25) is 4.79 Å². The number of hydrogen-bond donors (Lipinski definition) is 2. The van der Waals surface area contributed by atoms with Crippen LogP contribution in [0.25, 0.3) is 11.2 Å². The molecule has 0 saturated carbocycles. The second-order valence-corrected chi connectivity index (χ2v) is 3.95. The number of carboxylic acid groups (broad SMARTS) is 1. The molecule has 2 heterocycles. The summed E-state index contributed by atoms with van der Waals surface area (Å²) >= 11 is 0. The van der Waals surface area contributed by atoms with Crippen LogP contribution in [0.3, 0.4) is 0 Å². The Morgan fingerprint density at radius 3 is 2.94 bits per heavy atom. The fourth-order valence-electron chi connectivity index (χ4n) is 1.67. The zero-order valence-corrected chi connectivity index (χ0v) is 9.78. The summed E-state index contributed by atoms with van der Waals surface area (Å²) in [5.41, 5.74) is 6.76. The lowest BCUT2D eigenvalue weighted by atomic mass is 10.2. The Bertz CT molecular complexity index is 552. The highest BCUT2D eigenvalue weighted by Gasteiger charge is 2.08. The van der Waals surface area contributed by atoms with Crippen LogP contribution < -0.4 is 5.73 Å². The van der Waals surface area contributed by atoms with Crippen molar-refractivity contribution in [3.05, 3.63) is 6.33 Å². The van der Waals surface area contributed by atoms with Crippen LogP contribution in [0.15, 0.2) is 6.33 Å². The first-order chi connectivity index (χ1) is 8.68. The lowest BCUT2D eigenvalue weighted by molar-refractivity contribution is -0.137. The van der Waals surface area contributed by atoms with Gasteiger partial charge in [0.25, 0.3) is 0 Å². The summed E-state index contributed by atoms with van der Waals surface area (Å²) < 4.78 is 1.66. The van der Waals surface area contributed by atoms with Crippen LogP contribution >= 0.6 is 0 Å². The van der Waals surface area contributed by atoms with Gasteiger partial charge < -0.3 is 10.8 Å². The number of aryl methyl sites for hydroxylation is 1. The SMILES string of the molecule is Nc1ncnc2c1nnn2CCCCCC(=O)O. The summed E-state index contributed by atoms with van der Waals surface area (Å²) in [5.74, 6) is -0.446. The van der Waals surface area contributed by atoms with E-state index in [0.29, 0.717) is 29.9 Å². The number of unbranched alkanes of at least 4 members (excludes halogenated alkanes) is 2. The van der Waals surface area contributed by atoms with E-state index in [0.717, 1.165) is 12.8 Å². The van der Waals surface area contributed by atoms with Gasteiger partial charge in [-0.15, -0.1) is 5.10 Å². The van der Waals surface area contributed by atoms with Gasteiger partial charge in [0, 0.05) is 13.0 Å². The Kier molecular flexibility index (Phi) is 3.66. The Morgan fingerprint density at radius 1 is 1.33 bits per heavy atom. The van der Waals surface area contributed by atoms with E-state index in [1.54, 1.807) is 4.68 Å². The van der Waals surface area contributed by atoms with Crippen molar-refractivity contribution < 1.29 is 9.90 Å². The maximum absolute atomic E-state index is 10.3. The highest BCUT2D eigenvalue weighted by Crippen LogP contribution is 2.13. The maximum atomic E-state index is 10.3. The molecule has 3 N–H and O–H groups in total. The van der Waals surface area contributed by atoms with Crippen LogP contribution in [0.5, 0.6) is 0 Å². The van der Waals surface area contributed by atoms with Crippen molar-refractivity contribution in [3.8, 4) is 0 Å². The predicted molar refractivity (Wildman–Crippen MR) is 63.6 cm³/mol. The molecular weight excluding hydrogens is 236 g/mol. The number of nitrogens with two attached hydrogens (primary N) is 1. The number of nitrogens with zero attached hydrogens (tertiary/aromatic N) is 5. The molecule has 0 bridgehead atoms. The number of nitrogen functional groups attached to an aromatic ring is 1. The molecule has 0 radical (unpaired) electrons. The number of rotatable bonds is 6. The summed E-state index contributed by atoms with van der Waals surface area (Å²) in [6.45, 7) is 0.645. The van der Waals surface area contributed by atoms with E-state index in [1.165, 1.54) is 6.33 Å². The summed E-state index contributed by atoms with van der Waals surface area (Å²) in [6, 6.07) is 0. The van der Waals surface area contributed by atoms with E-state index in [9.17, 15) is 4.79 Å². The van der Waals surface area contributed by atoms with Gasteiger partial charge in [-0.1, -0.05) is 11.6 Å². The summed E-state index contributed by atoms with van der Waals surface area (Å²) in [6.07, 6.45) is 3.90. The third-order valence-corrected chi connectivity index (χ3v) is 2.59. The van der Waals surface area contributed by atoms with Crippen molar-refractivity contribution in [1.29, 1.82) is 0 Å². The standard InChI is InChI=1S/C10H14N6O2/c11-9-8-10(13-6-12-9)16(15-14-8)5-3-1-2-4-7(17)18/h6H,1-5H2,(H,17,18)(H2,11,12,13). The molecule has 2 aromatic rings. The molecule has 0 fully saturated rings. The number of aromatic nitrogens is 5. The summed E-state index contributed by atoms with van der Waals surface area (Å²) in [4.78, 5) is 18.3. The Morgan fingerprint density at radius 2 is 2.17 bits per heavy atom. The van der Waals surface area contributed by atoms with Gasteiger partial charge in [0.1, 0.15) is 6.33 Å². The maximum Gasteiger partial charge on any atom is 0.303 e. The van der Waals surface area contributed by atoms with E-state index < -0.39 is 5.97 Å². The number of carbonyl (C=O) groups is 1. The van der Waals surface area contributed by atoms with E-state index in [4.69, 9.17) is 10.8 Å². The first-order valence-electron chi connectivity index (χ1n) is 5.70. The van der Waals surface area contributed by atoms with Crippen LogP contribution in [0, 0.1) is 0 Å². The molecule has 0 spiro atoms. The zero-order chi connectivity index (χ0) is 13.0. The van der Waals surface area contributed by atoms with Gasteiger partial charge in [0.05, 0.1) is 0 Å². The van der Waals surface area contributed by atoms with Crippen LogP contribution in [0.1, 0.15) is 25.7 Å². The van der Waals surface area contributed by atoms with Crippen molar-refractivity contribution >= 4 is 23.0 Å². The topological polar surface area (TPSA) is 120 Å². The minimum atomic E-state index is -0.762. The Balaban J connectivity index is 1.92. The summed E-state index contributed by atoms with van der Waals surface area (Å²) in [5, 5.41) is 16.4. The predicted octanol–water partition coefficient (Wildman–Crippen LogP) is 0.448. The van der Waals surface area contributed by atoms with Crippen LogP contribution in [0.4, 0.5) is 5.82 Å². The quantitative estimate of drug-likeness (QED) is 0.714. The summed E-state index contributed by atoms with van der Waals surface area (Å²) in [7, 11) is 0. The molecule has 0 saturated heterocycles. The Hall–Kier alpha value is -2.25. The van der Waals surface area contributed by atoms with Crippen molar-refractivity contribution in [2.45, 2.75) is 32.2 Å². The molecule has 2 aromatic heterocycles. The average Bonchev–Trinajstić information content (AvgIpc) is 2.73. The molecule has 18 heavy (non-hydrogen) atoms. The lowest BCUT2D eigenvalue weighted by Gasteiger charge is -2.01. The van der Waals surface area contributed by atoms with E-state index in [-0.39, 0.29) is 6.42 Å². The first-order valence-corrected chi connectivity index (χ1v) is 5.70. The second-order valence-electron chi connectivity index (χ2n) is 3.95. The first kappa shape index (κ1) is 12.2. The molecule has 0 aliphatic carbocycles. The largest absolute Gasteiger partial charge is 0.481 e. The second kappa shape index (κ2) is 5.39. The highest BCUT2D eigenvalue weighted by atomic mass is 16.4. The van der Waals surface area contributed by atoms with Crippen LogP contribution in [0.2, 0.25) is 0 Å². The number of aliphatic carboxylic acids is 1. The number of carboxylic acids is 1. The average molecular weight is 250 g/mol.